The van der Waals surface area contributed by atoms with E-state index in [0.717, 1.165) is 30.8 Å². The molecule has 152 valence electrons. The summed E-state index contributed by atoms with van der Waals surface area (Å²) in [5, 5.41) is 11.1. The molecule has 0 saturated heterocycles. The Balaban J connectivity index is 1.21. The fourth-order valence-corrected chi connectivity index (χ4v) is 3.81. The van der Waals surface area contributed by atoms with Crippen LogP contribution in [-0.4, -0.2) is 36.2 Å². The number of rotatable bonds is 5. The first kappa shape index (κ1) is 18.3. The molecule has 2 atom stereocenters. The van der Waals surface area contributed by atoms with Crippen molar-refractivity contribution >= 4 is 17.4 Å². The van der Waals surface area contributed by atoms with E-state index < -0.39 is 0 Å². The van der Waals surface area contributed by atoms with E-state index in [4.69, 9.17) is 0 Å². The highest BCUT2D eigenvalue weighted by molar-refractivity contribution is 5.44. The van der Waals surface area contributed by atoms with E-state index in [1.807, 2.05) is 18.2 Å². The number of hydrogen-bond donors (Lipinski definition) is 2. The predicted molar refractivity (Wildman–Crippen MR) is 111 cm³/mol. The molecular weight excluding hydrogens is 385 g/mol. The van der Waals surface area contributed by atoms with Crippen LogP contribution < -0.4 is 16.2 Å². The summed E-state index contributed by atoms with van der Waals surface area (Å²) in [6.07, 6.45) is 7.58. The number of anilines is 2. The van der Waals surface area contributed by atoms with Crippen LogP contribution in [0.5, 0.6) is 0 Å². The van der Waals surface area contributed by atoms with Gasteiger partial charge in [-0.2, -0.15) is 4.98 Å². The standard InChI is InChI=1S/C21H20FN7O/c22-14-4-9-19-26-21(27-29(19)13-14)25-16-6-5-15(11-16)24-18-8-7-17(12-23-18)28-10-2-1-3-20(28)30/h1-4,7-10,12-13,15-16H,5-6,11H2,(H,23,24)(H,25,27)/t15-,16-/m0/s1. The van der Waals surface area contributed by atoms with Gasteiger partial charge in [-0.15, -0.1) is 5.10 Å². The SMILES string of the molecule is O=c1ccccn1-c1ccc(N[C@H]2CC[C@H](Nc3nc4ccc(F)cn4n3)C2)nc1. The van der Waals surface area contributed by atoms with Gasteiger partial charge >= 0.3 is 0 Å². The molecule has 0 aliphatic heterocycles. The van der Waals surface area contributed by atoms with Crippen LogP contribution in [0.15, 0.2) is 65.8 Å². The molecule has 8 nitrogen and oxygen atoms in total. The molecule has 4 heterocycles. The van der Waals surface area contributed by atoms with Crippen molar-refractivity contribution in [2.75, 3.05) is 10.6 Å². The van der Waals surface area contributed by atoms with Gasteiger partial charge in [0.1, 0.15) is 11.6 Å². The fourth-order valence-electron chi connectivity index (χ4n) is 3.81. The monoisotopic (exact) mass is 405 g/mol. The lowest BCUT2D eigenvalue weighted by Crippen LogP contribution is -2.21. The average molecular weight is 405 g/mol. The first-order chi connectivity index (χ1) is 14.6. The lowest BCUT2D eigenvalue weighted by Gasteiger charge is -2.15. The Morgan fingerprint density at radius 1 is 1.03 bits per heavy atom. The molecule has 0 bridgehead atoms. The van der Waals surface area contributed by atoms with E-state index in [1.165, 1.54) is 22.8 Å². The fraction of sp³-hybridized carbons (Fsp3) is 0.238. The van der Waals surface area contributed by atoms with Crippen molar-refractivity contribution < 1.29 is 4.39 Å². The lowest BCUT2D eigenvalue weighted by atomic mass is 10.2. The van der Waals surface area contributed by atoms with Gasteiger partial charge in [-0.3, -0.25) is 9.36 Å². The second-order valence-corrected chi connectivity index (χ2v) is 7.39. The van der Waals surface area contributed by atoms with Gasteiger partial charge in [0.2, 0.25) is 5.95 Å². The second-order valence-electron chi connectivity index (χ2n) is 7.39. The summed E-state index contributed by atoms with van der Waals surface area (Å²) in [7, 11) is 0. The van der Waals surface area contributed by atoms with Gasteiger partial charge in [0, 0.05) is 24.3 Å². The molecule has 9 heteroatoms. The van der Waals surface area contributed by atoms with E-state index >= 15 is 0 Å². The quantitative estimate of drug-likeness (QED) is 0.531. The van der Waals surface area contributed by atoms with Crippen molar-refractivity contribution in [1.82, 2.24) is 24.1 Å². The van der Waals surface area contributed by atoms with Gasteiger partial charge in [-0.1, -0.05) is 6.07 Å². The molecule has 4 aromatic rings. The predicted octanol–water partition coefficient (Wildman–Crippen LogP) is 2.86. The molecule has 5 rings (SSSR count). The summed E-state index contributed by atoms with van der Waals surface area (Å²) in [5.41, 5.74) is 1.24. The Kier molecular flexibility index (Phi) is 4.62. The van der Waals surface area contributed by atoms with Gasteiger partial charge in [0.05, 0.1) is 18.1 Å². The van der Waals surface area contributed by atoms with E-state index in [0.29, 0.717) is 11.6 Å². The lowest BCUT2D eigenvalue weighted by molar-refractivity contribution is 0.614. The van der Waals surface area contributed by atoms with Crippen LogP contribution in [0.4, 0.5) is 16.2 Å². The first-order valence-corrected chi connectivity index (χ1v) is 9.83. The maximum Gasteiger partial charge on any atom is 0.255 e. The number of pyridine rings is 3. The van der Waals surface area contributed by atoms with Crippen LogP contribution in [0, 0.1) is 5.82 Å². The van der Waals surface area contributed by atoms with E-state index in [1.54, 1.807) is 29.1 Å². The van der Waals surface area contributed by atoms with Crippen LogP contribution in [0.2, 0.25) is 0 Å². The Labute approximate surface area is 171 Å². The van der Waals surface area contributed by atoms with Crippen LogP contribution in [0.3, 0.4) is 0 Å². The molecule has 1 fully saturated rings. The molecule has 2 N–H and O–H groups in total. The molecule has 1 aliphatic carbocycles. The maximum absolute atomic E-state index is 13.3. The van der Waals surface area contributed by atoms with E-state index in [2.05, 4.69) is 25.7 Å². The van der Waals surface area contributed by atoms with Crippen LogP contribution in [0.25, 0.3) is 11.3 Å². The van der Waals surface area contributed by atoms with Crippen molar-refractivity contribution in [3.05, 3.63) is 77.2 Å². The van der Waals surface area contributed by atoms with E-state index in [9.17, 15) is 9.18 Å². The maximum atomic E-state index is 13.3. The van der Waals surface area contributed by atoms with Gasteiger partial charge in [-0.25, -0.2) is 13.9 Å². The third-order valence-electron chi connectivity index (χ3n) is 5.26. The summed E-state index contributed by atoms with van der Waals surface area (Å²) in [4.78, 5) is 20.8. The molecule has 1 saturated carbocycles. The van der Waals surface area contributed by atoms with Crippen LogP contribution >= 0.6 is 0 Å². The number of aromatic nitrogens is 5. The number of halogens is 1. The molecule has 0 amide bonds. The molecule has 0 unspecified atom stereocenters. The van der Waals surface area contributed by atoms with Gasteiger partial charge < -0.3 is 10.6 Å². The highest BCUT2D eigenvalue weighted by atomic mass is 19.1. The van der Waals surface area contributed by atoms with Crippen molar-refractivity contribution in [2.24, 2.45) is 0 Å². The van der Waals surface area contributed by atoms with Crippen molar-refractivity contribution in [2.45, 2.75) is 31.3 Å². The molecule has 30 heavy (non-hydrogen) atoms. The largest absolute Gasteiger partial charge is 0.367 e. The molecule has 1 aliphatic rings. The zero-order valence-electron chi connectivity index (χ0n) is 16.1. The van der Waals surface area contributed by atoms with E-state index in [-0.39, 0.29) is 23.5 Å². The zero-order valence-corrected chi connectivity index (χ0v) is 16.1. The Bertz CT molecular complexity index is 1230. The summed E-state index contributed by atoms with van der Waals surface area (Å²) in [6.45, 7) is 0. The van der Waals surface area contributed by atoms with Crippen molar-refractivity contribution in [3.63, 3.8) is 0 Å². The third-order valence-corrected chi connectivity index (χ3v) is 5.26. The summed E-state index contributed by atoms with van der Waals surface area (Å²) in [5.74, 6) is 0.927. The minimum Gasteiger partial charge on any atom is -0.367 e. The molecule has 0 radical (unpaired) electrons. The van der Waals surface area contributed by atoms with Crippen molar-refractivity contribution in [3.8, 4) is 5.69 Å². The van der Waals surface area contributed by atoms with Crippen molar-refractivity contribution in [1.29, 1.82) is 0 Å². The van der Waals surface area contributed by atoms with Gasteiger partial charge in [-0.05, 0) is 49.6 Å². The first-order valence-electron chi connectivity index (χ1n) is 9.83. The highest BCUT2D eigenvalue weighted by Crippen LogP contribution is 2.25. The van der Waals surface area contributed by atoms with Gasteiger partial charge in [0.25, 0.3) is 5.56 Å². The summed E-state index contributed by atoms with van der Waals surface area (Å²) >= 11 is 0. The molecule has 4 aromatic heterocycles. The Hall–Kier alpha value is -3.75. The zero-order chi connectivity index (χ0) is 20.5. The number of fused-ring (bicyclic) bond motifs is 1. The Morgan fingerprint density at radius 2 is 1.90 bits per heavy atom. The number of hydrogen-bond acceptors (Lipinski definition) is 6. The second kappa shape index (κ2) is 7.58. The molecular formula is C21H20FN7O. The average Bonchev–Trinajstić information content (AvgIpc) is 3.35. The minimum absolute atomic E-state index is 0.0898. The van der Waals surface area contributed by atoms with Gasteiger partial charge in [0.15, 0.2) is 5.65 Å². The summed E-state index contributed by atoms with van der Waals surface area (Å²) in [6, 6.07) is 12.3. The minimum atomic E-state index is -0.347. The van der Waals surface area contributed by atoms with Crippen LogP contribution in [0.1, 0.15) is 19.3 Å². The molecule has 0 aromatic carbocycles. The molecule has 0 spiro atoms. The highest BCUT2D eigenvalue weighted by Gasteiger charge is 2.25. The third kappa shape index (κ3) is 3.73. The van der Waals surface area contributed by atoms with Crippen LogP contribution in [-0.2, 0) is 0 Å². The normalized spacial score (nSPS) is 18.6. The Morgan fingerprint density at radius 3 is 2.70 bits per heavy atom. The number of nitrogens with zero attached hydrogens (tertiary/aromatic N) is 5. The summed E-state index contributed by atoms with van der Waals surface area (Å²) < 4.78 is 16.3. The number of nitrogens with one attached hydrogen (secondary N) is 2. The smallest absolute Gasteiger partial charge is 0.255 e. The topological polar surface area (TPSA) is 89.1 Å².